The summed E-state index contributed by atoms with van der Waals surface area (Å²) in [5.41, 5.74) is 6.62. The predicted molar refractivity (Wildman–Crippen MR) is 87.5 cm³/mol. The molecule has 0 saturated carbocycles. The molecule has 0 aliphatic carbocycles. The fourth-order valence-corrected chi connectivity index (χ4v) is 3.79. The molecule has 1 aromatic carbocycles. The number of carbonyl (C=O) groups is 1. The van der Waals surface area contributed by atoms with Crippen LogP contribution >= 0.6 is 11.6 Å². The van der Waals surface area contributed by atoms with Crippen LogP contribution in [0.2, 0.25) is 5.02 Å². The Labute approximate surface area is 135 Å². The molecule has 0 radical (unpaired) electrons. The van der Waals surface area contributed by atoms with Crippen molar-refractivity contribution in [1.82, 2.24) is 10.2 Å². The van der Waals surface area contributed by atoms with Gasteiger partial charge in [0.1, 0.15) is 5.75 Å². The molecule has 2 aliphatic heterocycles. The number of rotatable bonds is 3. The lowest BCUT2D eigenvalue weighted by Gasteiger charge is -2.37. The van der Waals surface area contributed by atoms with Crippen molar-refractivity contribution in [3.63, 3.8) is 0 Å². The molecule has 5 nitrogen and oxygen atoms in total. The minimum Gasteiger partial charge on any atom is -0.496 e. The molecule has 120 valence electrons. The zero-order valence-electron chi connectivity index (χ0n) is 12.8. The smallest absolute Gasteiger partial charge is 0.255 e. The number of carbonyl (C=O) groups excluding carboxylic acids is 1. The third-order valence-corrected chi connectivity index (χ3v) is 5.05. The molecule has 0 bridgehead atoms. The Balaban J connectivity index is 1.78. The fraction of sp³-hybridized carbons (Fsp3) is 0.562. The van der Waals surface area contributed by atoms with Gasteiger partial charge in [0.15, 0.2) is 0 Å². The van der Waals surface area contributed by atoms with Crippen molar-refractivity contribution in [2.75, 3.05) is 25.9 Å². The molecule has 3 N–H and O–H groups in total. The number of nitrogens with one attached hydrogen (secondary N) is 1. The number of hydrogen-bond acceptors (Lipinski definition) is 4. The summed E-state index contributed by atoms with van der Waals surface area (Å²) in [4.78, 5) is 15.1. The van der Waals surface area contributed by atoms with E-state index in [1.165, 1.54) is 13.5 Å². The number of fused-ring (bicyclic) bond motifs is 1. The monoisotopic (exact) mass is 323 g/mol. The largest absolute Gasteiger partial charge is 0.496 e. The van der Waals surface area contributed by atoms with Crippen LogP contribution in [0.5, 0.6) is 5.75 Å². The van der Waals surface area contributed by atoms with Gasteiger partial charge in [-0.05, 0) is 44.8 Å². The van der Waals surface area contributed by atoms with Gasteiger partial charge < -0.3 is 15.8 Å². The summed E-state index contributed by atoms with van der Waals surface area (Å²) in [6.07, 6.45) is 4.53. The number of methoxy groups -OCH3 is 1. The van der Waals surface area contributed by atoms with E-state index in [1.54, 1.807) is 12.1 Å². The Bertz CT molecular complexity index is 579. The Morgan fingerprint density at radius 1 is 1.36 bits per heavy atom. The third kappa shape index (κ3) is 2.88. The highest BCUT2D eigenvalue weighted by Gasteiger charge is 2.35. The van der Waals surface area contributed by atoms with E-state index in [2.05, 4.69) is 10.2 Å². The Hall–Kier alpha value is -1.46. The molecule has 1 aromatic rings. The maximum atomic E-state index is 12.6. The van der Waals surface area contributed by atoms with Gasteiger partial charge in [-0.2, -0.15) is 0 Å². The van der Waals surface area contributed by atoms with Gasteiger partial charge in [-0.3, -0.25) is 9.69 Å². The van der Waals surface area contributed by atoms with E-state index in [0.717, 1.165) is 32.4 Å². The molecule has 2 unspecified atom stereocenters. The van der Waals surface area contributed by atoms with E-state index in [0.29, 0.717) is 28.1 Å². The van der Waals surface area contributed by atoms with E-state index >= 15 is 0 Å². The normalized spacial score (nSPS) is 24.8. The first-order valence-corrected chi connectivity index (χ1v) is 8.16. The number of ether oxygens (including phenoxy) is 1. The highest BCUT2D eigenvalue weighted by Crippen LogP contribution is 2.30. The number of nitrogens with two attached hydrogens (primary N) is 1. The van der Waals surface area contributed by atoms with Crippen LogP contribution in [0.25, 0.3) is 0 Å². The van der Waals surface area contributed by atoms with Crippen LogP contribution in [0.4, 0.5) is 5.69 Å². The van der Waals surface area contributed by atoms with Crippen molar-refractivity contribution < 1.29 is 9.53 Å². The van der Waals surface area contributed by atoms with Crippen molar-refractivity contribution in [3.05, 3.63) is 22.7 Å². The van der Waals surface area contributed by atoms with Crippen LogP contribution in [-0.4, -0.2) is 43.1 Å². The summed E-state index contributed by atoms with van der Waals surface area (Å²) < 4.78 is 5.27. The van der Waals surface area contributed by atoms with Crippen molar-refractivity contribution in [1.29, 1.82) is 0 Å². The Morgan fingerprint density at radius 2 is 2.09 bits per heavy atom. The zero-order chi connectivity index (χ0) is 15.7. The lowest BCUT2D eigenvalue weighted by molar-refractivity contribution is 0.0865. The first kappa shape index (κ1) is 15.4. The van der Waals surface area contributed by atoms with E-state index in [4.69, 9.17) is 22.1 Å². The standard InChI is InChI=1S/C16H22ClN3O2/c1-22-15-9-12(18)11(17)8-10(15)16(21)19-13-4-2-6-20-7-3-5-14(13)20/h8-9,13-14H,2-7,18H2,1H3,(H,19,21). The van der Waals surface area contributed by atoms with E-state index in [9.17, 15) is 4.79 Å². The average molecular weight is 324 g/mol. The van der Waals surface area contributed by atoms with Crippen molar-refractivity contribution in [2.45, 2.75) is 37.8 Å². The second kappa shape index (κ2) is 6.34. The van der Waals surface area contributed by atoms with E-state index < -0.39 is 0 Å². The molecule has 0 aromatic heterocycles. The lowest BCUT2D eigenvalue weighted by atomic mass is 9.96. The minimum absolute atomic E-state index is 0.141. The van der Waals surface area contributed by atoms with Crippen molar-refractivity contribution in [3.8, 4) is 5.75 Å². The molecule has 2 fully saturated rings. The van der Waals surface area contributed by atoms with Gasteiger partial charge in [0, 0.05) is 18.2 Å². The Kier molecular flexibility index (Phi) is 4.45. The number of nitrogens with zero attached hydrogens (tertiary/aromatic N) is 1. The van der Waals surface area contributed by atoms with Crippen LogP contribution in [0, 0.1) is 0 Å². The molecule has 22 heavy (non-hydrogen) atoms. The molecular formula is C16H22ClN3O2. The summed E-state index contributed by atoms with van der Waals surface area (Å²) in [6, 6.07) is 3.85. The highest BCUT2D eigenvalue weighted by atomic mass is 35.5. The number of nitrogen functional groups attached to an aromatic ring is 1. The molecule has 0 spiro atoms. The summed E-state index contributed by atoms with van der Waals surface area (Å²) in [5, 5.41) is 3.54. The first-order valence-electron chi connectivity index (χ1n) is 7.78. The third-order valence-electron chi connectivity index (χ3n) is 4.72. The Morgan fingerprint density at radius 3 is 2.82 bits per heavy atom. The number of hydrogen-bond donors (Lipinski definition) is 2. The van der Waals surface area contributed by atoms with Gasteiger partial charge >= 0.3 is 0 Å². The van der Waals surface area contributed by atoms with Gasteiger partial charge in [0.2, 0.25) is 0 Å². The second-order valence-electron chi connectivity index (χ2n) is 6.04. The topological polar surface area (TPSA) is 67.6 Å². The van der Waals surface area contributed by atoms with Crippen LogP contribution in [0.1, 0.15) is 36.0 Å². The van der Waals surface area contributed by atoms with E-state index in [1.807, 2.05) is 0 Å². The van der Waals surface area contributed by atoms with Crippen molar-refractivity contribution >= 4 is 23.2 Å². The predicted octanol–water partition coefficient (Wildman–Crippen LogP) is 2.29. The molecule has 2 atom stereocenters. The number of halogens is 1. The zero-order valence-corrected chi connectivity index (χ0v) is 13.5. The van der Waals surface area contributed by atoms with Crippen molar-refractivity contribution in [2.24, 2.45) is 0 Å². The molecule has 2 saturated heterocycles. The fourth-order valence-electron chi connectivity index (χ4n) is 3.62. The first-order chi connectivity index (χ1) is 10.6. The average Bonchev–Trinajstić information content (AvgIpc) is 2.99. The SMILES string of the molecule is COc1cc(N)c(Cl)cc1C(=O)NC1CCCN2CCCC12. The highest BCUT2D eigenvalue weighted by molar-refractivity contribution is 6.33. The van der Waals surface area contributed by atoms with Gasteiger partial charge in [0.05, 0.1) is 23.4 Å². The quantitative estimate of drug-likeness (QED) is 0.837. The van der Waals surface area contributed by atoms with Crippen LogP contribution in [0.3, 0.4) is 0 Å². The minimum atomic E-state index is -0.141. The molecule has 1 amide bonds. The van der Waals surface area contributed by atoms with Gasteiger partial charge in [-0.1, -0.05) is 11.6 Å². The number of amides is 1. The molecule has 6 heteroatoms. The molecule has 3 rings (SSSR count). The summed E-state index contributed by atoms with van der Waals surface area (Å²) in [7, 11) is 1.53. The summed E-state index contributed by atoms with van der Waals surface area (Å²) >= 11 is 6.05. The number of piperidine rings is 1. The lowest BCUT2D eigenvalue weighted by Crippen LogP contribution is -2.52. The molecule has 2 heterocycles. The molecular weight excluding hydrogens is 302 g/mol. The second-order valence-corrected chi connectivity index (χ2v) is 6.45. The molecule has 2 aliphatic rings. The number of anilines is 1. The van der Waals surface area contributed by atoms with Crippen LogP contribution in [-0.2, 0) is 0 Å². The maximum absolute atomic E-state index is 12.6. The summed E-state index contributed by atoms with van der Waals surface area (Å²) in [6.45, 7) is 2.29. The maximum Gasteiger partial charge on any atom is 0.255 e. The van der Waals surface area contributed by atoms with Crippen LogP contribution in [0.15, 0.2) is 12.1 Å². The van der Waals surface area contributed by atoms with Gasteiger partial charge in [0.25, 0.3) is 5.91 Å². The van der Waals surface area contributed by atoms with Gasteiger partial charge in [-0.25, -0.2) is 0 Å². The van der Waals surface area contributed by atoms with Gasteiger partial charge in [-0.15, -0.1) is 0 Å². The van der Waals surface area contributed by atoms with Crippen LogP contribution < -0.4 is 15.8 Å². The van der Waals surface area contributed by atoms with E-state index in [-0.39, 0.29) is 11.9 Å². The number of benzene rings is 1. The summed E-state index contributed by atoms with van der Waals surface area (Å²) in [5.74, 6) is 0.316.